The van der Waals surface area contributed by atoms with Crippen molar-refractivity contribution >= 4 is 11.7 Å². The van der Waals surface area contributed by atoms with E-state index in [0.717, 1.165) is 0 Å². The quantitative estimate of drug-likeness (QED) is 0.736. The molecule has 0 amide bonds. The van der Waals surface area contributed by atoms with Crippen LogP contribution in [0, 0.1) is 0 Å². The average Bonchev–Trinajstić information content (AvgIpc) is 2.72. The number of aromatic nitrogens is 4. The Morgan fingerprint density at radius 1 is 1.56 bits per heavy atom. The zero-order valence-corrected chi connectivity index (χ0v) is 9.57. The zero-order chi connectivity index (χ0) is 13.1. The molecule has 1 aromatic heterocycles. The van der Waals surface area contributed by atoms with Crippen molar-refractivity contribution in [2.24, 2.45) is 7.05 Å². The standard InChI is InChI=1S/C10H11N5O3/c1-15-13-9(12-14-15)5-18-6-2-3-7(10(16)17)8(11)4-6/h2-4H,5,11H2,1H3,(H,16,17). The first-order valence-electron chi connectivity index (χ1n) is 5.05. The van der Waals surface area contributed by atoms with Crippen molar-refractivity contribution in [3.63, 3.8) is 0 Å². The van der Waals surface area contributed by atoms with Crippen molar-refractivity contribution in [2.45, 2.75) is 6.61 Å². The number of carbonyl (C=O) groups is 1. The van der Waals surface area contributed by atoms with E-state index in [2.05, 4.69) is 15.4 Å². The van der Waals surface area contributed by atoms with Gasteiger partial charge in [0.15, 0.2) is 6.61 Å². The number of nitrogens with zero attached hydrogens (tertiary/aromatic N) is 4. The van der Waals surface area contributed by atoms with Crippen molar-refractivity contribution in [2.75, 3.05) is 5.73 Å². The highest BCUT2D eigenvalue weighted by Gasteiger charge is 2.09. The average molecular weight is 249 g/mol. The summed E-state index contributed by atoms with van der Waals surface area (Å²) in [5, 5.41) is 20.2. The molecule has 0 radical (unpaired) electrons. The van der Waals surface area contributed by atoms with Gasteiger partial charge in [-0.05, 0) is 17.3 Å². The molecule has 0 spiro atoms. The van der Waals surface area contributed by atoms with Gasteiger partial charge in [-0.1, -0.05) is 0 Å². The Balaban J connectivity index is 2.06. The SMILES string of the molecule is Cn1nnc(COc2ccc(C(=O)O)c(N)c2)n1. The molecule has 0 aliphatic heterocycles. The number of nitrogens with two attached hydrogens (primary N) is 1. The van der Waals surface area contributed by atoms with Gasteiger partial charge >= 0.3 is 5.97 Å². The third-order valence-electron chi connectivity index (χ3n) is 2.17. The second-order valence-electron chi connectivity index (χ2n) is 3.54. The van der Waals surface area contributed by atoms with Crippen LogP contribution in [-0.2, 0) is 13.7 Å². The molecule has 2 rings (SSSR count). The number of carboxylic acids is 1. The first kappa shape index (κ1) is 11.8. The maximum Gasteiger partial charge on any atom is 0.337 e. The van der Waals surface area contributed by atoms with Crippen LogP contribution in [0.1, 0.15) is 16.2 Å². The van der Waals surface area contributed by atoms with Gasteiger partial charge < -0.3 is 15.6 Å². The smallest absolute Gasteiger partial charge is 0.337 e. The van der Waals surface area contributed by atoms with E-state index in [0.29, 0.717) is 11.6 Å². The summed E-state index contributed by atoms with van der Waals surface area (Å²) >= 11 is 0. The maximum atomic E-state index is 10.8. The Bertz CT molecular complexity index is 581. The molecule has 0 unspecified atom stereocenters. The number of nitrogen functional groups attached to an aromatic ring is 1. The van der Waals surface area contributed by atoms with Crippen LogP contribution in [0.5, 0.6) is 5.75 Å². The number of aryl methyl sites for hydroxylation is 1. The zero-order valence-electron chi connectivity index (χ0n) is 9.57. The van der Waals surface area contributed by atoms with Crippen LogP contribution < -0.4 is 10.5 Å². The first-order chi connectivity index (χ1) is 8.56. The highest BCUT2D eigenvalue weighted by Crippen LogP contribution is 2.20. The minimum atomic E-state index is -1.07. The summed E-state index contributed by atoms with van der Waals surface area (Å²) in [6.07, 6.45) is 0. The molecular weight excluding hydrogens is 238 g/mol. The molecule has 8 nitrogen and oxygen atoms in total. The second-order valence-corrected chi connectivity index (χ2v) is 3.54. The van der Waals surface area contributed by atoms with Gasteiger partial charge in [0, 0.05) is 11.8 Å². The largest absolute Gasteiger partial charge is 0.485 e. The Morgan fingerprint density at radius 3 is 2.89 bits per heavy atom. The molecule has 3 N–H and O–H groups in total. The molecular formula is C10H11N5O3. The Labute approximate surface area is 102 Å². The molecule has 18 heavy (non-hydrogen) atoms. The van der Waals surface area contributed by atoms with Gasteiger partial charge in [0.05, 0.1) is 12.6 Å². The number of hydrogen-bond donors (Lipinski definition) is 2. The van der Waals surface area contributed by atoms with E-state index in [1.54, 1.807) is 7.05 Å². The third kappa shape index (κ3) is 2.54. The van der Waals surface area contributed by atoms with Crippen molar-refractivity contribution in [3.8, 4) is 5.75 Å². The fourth-order valence-corrected chi connectivity index (χ4v) is 1.35. The summed E-state index contributed by atoms with van der Waals surface area (Å²) in [5.74, 6) is -0.196. The number of rotatable bonds is 4. The predicted molar refractivity (Wildman–Crippen MR) is 60.9 cm³/mol. The van der Waals surface area contributed by atoms with Crippen LogP contribution in [0.25, 0.3) is 0 Å². The normalized spacial score (nSPS) is 10.3. The fraction of sp³-hybridized carbons (Fsp3) is 0.200. The first-order valence-corrected chi connectivity index (χ1v) is 5.05. The summed E-state index contributed by atoms with van der Waals surface area (Å²) in [5.41, 5.74) is 5.77. The molecule has 0 aliphatic rings. The summed E-state index contributed by atoms with van der Waals surface area (Å²) < 4.78 is 5.37. The molecule has 0 bridgehead atoms. The minimum absolute atomic E-state index is 0.0416. The molecule has 1 aromatic carbocycles. The molecule has 0 saturated heterocycles. The van der Waals surface area contributed by atoms with Crippen LogP contribution in [0.15, 0.2) is 18.2 Å². The van der Waals surface area contributed by atoms with E-state index >= 15 is 0 Å². The van der Waals surface area contributed by atoms with Crippen LogP contribution in [0.2, 0.25) is 0 Å². The van der Waals surface area contributed by atoms with Crippen molar-refractivity contribution in [1.29, 1.82) is 0 Å². The third-order valence-corrected chi connectivity index (χ3v) is 2.17. The van der Waals surface area contributed by atoms with Crippen LogP contribution >= 0.6 is 0 Å². The lowest BCUT2D eigenvalue weighted by molar-refractivity contribution is 0.0698. The lowest BCUT2D eigenvalue weighted by Gasteiger charge is -2.06. The van der Waals surface area contributed by atoms with Crippen molar-refractivity contribution in [3.05, 3.63) is 29.6 Å². The van der Waals surface area contributed by atoms with Gasteiger partial charge in [0.2, 0.25) is 5.82 Å². The van der Waals surface area contributed by atoms with E-state index in [4.69, 9.17) is 15.6 Å². The minimum Gasteiger partial charge on any atom is -0.485 e. The van der Waals surface area contributed by atoms with E-state index in [1.165, 1.54) is 23.0 Å². The van der Waals surface area contributed by atoms with Gasteiger partial charge in [-0.15, -0.1) is 10.2 Å². The number of ether oxygens (including phenoxy) is 1. The highest BCUT2D eigenvalue weighted by molar-refractivity contribution is 5.93. The van der Waals surface area contributed by atoms with E-state index in [1.807, 2.05) is 0 Å². The Hall–Kier alpha value is -2.64. The molecule has 2 aromatic rings. The summed E-state index contributed by atoms with van der Waals surface area (Å²) in [4.78, 5) is 12.1. The van der Waals surface area contributed by atoms with Crippen molar-refractivity contribution in [1.82, 2.24) is 20.2 Å². The molecule has 94 valence electrons. The summed E-state index contributed by atoms with van der Waals surface area (Å²) in [7, 11) is 1.65. The molecule has 0 saturated carbocycles. The van der Waals surface area contributed by atoms with Gasteiger partial charge in [0.1, 0.15) is 5.75 Å². The van der Waals surface area contributed by atoms with E-state index in [-0.39, 0.29) is 17.9 Å². The molecule has 0 atom stereocenters. The summed E-state index contributed by atoms with van der Waals surface area (Å²) in [6.45, 7) is 0.139. The van der Waals surface area contributed by atoms with Crippen molar-refractivity contribution < 1.29 is 14.6 Å². The molecule has 0 aliphatic carbocycles. The predicted octanol–water partition coefficient (Wildman–Crippen LogP) is 0.0695. The van der Waals surface area contributed by atoms with Crippen LogP contribution in [0.4, 0.5) is 5.69 Å². The Morgan fingerprint density at radius 2 is 2.33 bits per heavy atom. The number of aromatic carboxylic acids is 1. The van der Waals surface area contributed by atoms with Gasteiger partial charge in [-0.3, -0.25) is 0 Å². The molecule has 1 heterocycles. The van der Waals surface area contributed by atoms with E-state index in [9.17, 15) is 4.79 Å². The topological polar surface area (TPSA) is 116 Å². The monoisotopic (exact) mass is 249 g/mol. The van der Waals surface area contributed by atoms with Gasteiger partial charge in [-0.25, -0.2) is 4.79 Å². The molecule has 8 heteroatoms. The number of carboxylic acid groups (broad SMARTS) is 1. The van der Waals surface area contributed by atoms with E-state index < -0.39 is 5.97 Å². The number of tetrazole rings is 1. The number of benzene rings is 1. The van der Waals surface area contributed by atoms with Gasteiger partial charge in [0.25, 0.3) is 0 Å². The lowest BCUT2D eigenvalue weighted by Crippen LogP contribution is -2.04. The maximum absolute atomic E-state index is 10.8. The van der Waals surface area contributed by atoms with Crippen LogP contribution in [-0.4, -0.2) is 31.3 Å². The lowest BCUT2D eigenvalue weighted by atomic mass is 10.2. The number of anilines is 1. The number of hydrogen-bond acceptors (Lipinski definition) is 6. The fourth-order valence-electron chi connectivity index (χ4n) is 1.35. The second kappa shape index (κ2) is 4.70. The van der Waals surface area contributed by atoms with Gasteiger partial charge in [-0.2, -0.15) is 4.80 Å². The molecule has 0 fully saturated rings. The summed E-state index contributed by atoms with van der Waals surface area (Å²) in [6, 6.07) is 4.35. The van der Waals surface area contributed by atoms with Crippen LogP contribution in [0.3, 0.4) is 0 Å². The highest BCUT2D eigenvalue weighted by atomic mass is 16.5. The Kier molecular flexibility index (Phi) is 3.09.